The third-order valence-corrected chi connectivity index (χ3v) is 6.05. The Morgan fingerprint density at radius 1 is 1.17 bits per heavy atom. The molecule has 0 aliphatic carbocycles. The molecule has 1 saturated heterocycles. The van der Waals surface area contributed by atoms with Crippen molar-refractivity contribution in [1.82, 2.24) is 14.3 Å². The van der Waals surface area contributed by atoms with Crippen LogP contribution in [-0.2, 0) is 15.8 Å². The summed E-state index contributed by atoms with van der Waals surface area (Å²) >= 11 is 0. The highest BCUT2D eigenvalue weighted by molar-refractivity contribution is 7.88. The minimum Gasteiger partial charge on any atom is -0.367 e. The number of aromatic nitrogens is 2. The summed E-state index contributed by atoms with van der Waals surface area (Å²) in [5, 5.41) is 3.37. The number of hydrogen-bond donors (Lipinski definition) is 1. The monoisotopic (exact) mass is 346 g/mol. The summed E-state index contributed by atoms with van der Waals surface area (Å²) in [4.78, 5) is 8.28. The molecule has 0 radical (unpaired) electrons. The number of nitrogens with one attached hydrogen (secondary N) is 1. The van der Waals surface area contributed by atoms with E-state index in [1.54, 1.807) is 4.31 Å². The Hall–Kier alpha value is -1.99. The van der Waals surface area contributed by atoms with E-state index in [1.165, 1.54) is 6.33 Å². The molecule has 0 unspecified atom stereocenters. The van der Waals surface area contributed by atoms with Crippen LogP contribution in [0.25, 0.3) is 0 Å². The Kier molecular flexibility index (Phi) is 5.11. The fourth-order valence-electron chi connectivity index (χ4n) is 2.90. The van der Waals surface area contributed by atoms with Crippen molar-refractivity contribution in [2.24, 2.45) is 0 Å². The molecule has 128 valence electrons. The van der Waals surface area contributed by atoms with Crippen molar-refractivity contribution in [3.05, 3.63) is 54.0 Å². The van der Waals surface area contributed by atoms with E-state index in [-0.39, 0.29) is 11.8 Å². The molecule has 3 rings (SSSR count). The van der Waals surface area contributed by atoms with Crippen LogP contribution in [0.5, 0.6) is 0 Å². The Morgan fingerprint density at radius 3 is 2.54 bits per heavy atom. The zero-order valence-electron chi connectivity index (χ0n) is 13.7. The van der Waals surface area contributed by atoms with Gasteiger partial charge in [0.2, 0.25) is 10.0 Å². The van der Waals surface area contributed by atoms with Gasteiger partial charge in [0.1, 0.15) is 12.1 Å². The lowest BCUT2D eigenvalue weighted by Gasteiger charge is -2.31. The Bertz CT molecular complexity index is 772. The fraction of sp³-hybridized carbons (Fsp3) is 0.412. The molecule has 0 amide bonds. The lowest BCUT2D eigenvalue weighted by molar-refractivity contribution is 0.329. The van der Waals surface area contributed by atoms with Crippen molar-refractivity contribution in [2.75, 3.05) is 18.4 Å². The van der Waals surface area contributed by atoms with E-state index in [2.05, 4.69) is 15.3 Å². The van der Waals surface area contributed by atoms with Gasteiger partial charge in [-0.25, -0.2) is 22.7 Å². The fourth-order valence-corrected chi connectivity index (χ4v) is 4.46. The predicted octanol–water partition coefficient (Wildman–Crippen LogP) is 2.19. The number of sulfonamides is 1. The van der Waals surface area contributed by atoms with Crippen LogP contribution in [0.3, 0.4) is 0 Å². The molecule has 6 nitrogen and oxygen atoms in total. The van der Waals surface area contributed by atoms with Crippen LogP contribution in [0, 0.1) is 6.92 Å². The van der Waals surface area contributed by atoms with Crippen LogP contribution >= 0.6 is 0 Å². The van der Waals surface area contributed by atoms with Crippen molar-refractivity contribution in [1.29, 1.82) is 0 Å². The second-order valence-corrected chi connectivity index (χ2v) is 8.07. The molecule has 1 aromatic carbocycles. The molecule has 0 saturated carbocycles. The number of piperidine rings is 1. The summed E-state index contributed by atoms with van der Waals surface area (Å²) in [5.74, 6) is 0.866. The largest absolute Gasteiger partial charge is 0.367 e. The summed E-state index contributed by atoms with van der Waals surface area (Å²) in [5.41, 5.74) is 1.74. The third kappa shape index (κ3) is 4.30. The summed E-state index contributed by atoms with van der Waals surface area (Å²) in [6, 6.07) is 11.5. The number of nitrogens with zero attached hydrogens (tertiary/aromatic N) is 3. The second kappa shape index (κ2) is 7.27. The Labute approximate surface area is 143 Å². The molecule has 7 heteroatoms. The van der Waals surface area contributed by atoms with Gasteiger partial charge in [0.25, 0.3) is 0 Å². The van der Waals surface area contributed by atoms with Gasteiger partial charge in [-0.1, -0.05) is 30.3 Å². The van der Waals surface area contributed by atoms with Gasteiger partial charge in [0.05, 0.1) is 5.75 Å². The van der Waals surface area contributed by atoms with E-state index in [0.717, 1.165) is 29.9 Å². The minimum absolute atomic E-state index is 0.0665. The van der Waals surface area contributed by atoms with E-state index in [9.17, 15) is 8.42 Å². The molecular formula is C17H22N4O2S. The van der Waals surface area contributed by atoms with Gasteiger partial charge in [0.15, 0.2) is 0 Å². The van der Waals surface area contributed by atoms with Gasteiger partial charge in [0, 0.05) is 30.9 Å². The lowest BCUT2D eigenvalue weighted by Crippen LogP contribution is -2.42. The first-order valence-corrected chi connectivity index (χ1v) is 9.71. The SMILES string of the molecule is Cc1cc(NC2CCN(S(=O)(=O)Cc3ccccc3)CC2)ncn1. The number of aryl methyl sites for hydroxylation is 1. The van der Waals surface area contributed by atoms with Crippen LogP contribution in [0.4, 0.5) is 5.82 Å². The van der Waals surface area contributed by atoms with Crippen molar-refractivity contribution in [3.63, 3.8) is 0 Å². The van der Waals surface area contributed by atoms with Crippen molar-refractivity contribution in [2.45, 2.75) is 31.6 Å². The van der Waals surface area contributed by atoms with Crippen LogP contribution < -0.4 is 5.32 Å². The average Bonchev–Trinajstić information content (AvgIpc) is 2.56. The number of anilines is 1. The van der Waals surface area contributed by atoms with Gasteiger partial charge in [-0.2, -0.15) is 0 Å². The minimum atomic E-state index is -3.26. The molecule has 1 N–H and O–H groups in total. The Morgan fingerprint density at radius 2 is 1.88 bits per heavy atom. The molecule has 1 aromatic heterocycles. The zero-order chi connectivity index (χ0) is 17.0. The first kappa shape index (κ1) is 16.9. The molecule has 1 aliphatic rings. The average molecular weight is 346 g/mol. The molecule has 0 bridgehead atoms. The maximum absolute atomic E-state index is 12.5. The van der Waals surface area contributed by atoms with Gasteiger partial charge in [-0.05, 0) is 25.3 Å². The third-order valence-electron chi connectivity index (χ3n) is 4.20. The number of hydrogen-bond acceptors (Lipinski definition) is 5. The maximum atomic E-state index is 12.5. The first-order chi connectivity index (χ1) is 11.5. The highest BCUT2D eigenvalue weighted by Crippen LogP contribution is 2.20. The predicted molar refractivity (Wildman–Crippen MR) is 94.1 cm³/mol. The number of benzene rings is 1. The summed E-state index contributed by atoms with van der Waals surface area (Å²) in [6.45, 7) is 3.00. The quantitative estimate of drug-likeness (QED) is 0.898. The van der Waals surface area contributed by atoms with Crippen LogP contribution in [0.1, 0.15) is 24.1 Å². The van der Waals surface area contributed by atoms with Crippen molar-refractivity contribution in [3.8, 4) is 0 Å². The molecular weight excluding hydrogens is 324 g/mol. The molecule has 2 aromatic rings. The highest BCUT2D eigenvalue weighted by atomic mass is 32.2. The molecule has 0 atom stereocenters. The van der Waals surface area contributed by atoms with Crippen molar-refractivity contribution < 1.29 is 8.42 Å². The standard InChI is InChI=1S/C17H22N4O2S/c1-14-11-17(19-13-18-14)20-16-7-9-21(10-8-16)24(22,23)12-15-5-3-2-4-6-15/h2-6,11,13,16H,7-10,12H2,1H3,(H,18,19,20). The van der Waals surface area contributed by atoms with Crippen molar-refractivity contribution >= 4 is 15.8 Å². The first-order valence-electron chi connectivity index (χ1n) is 8.10. The summed E-state index contributed by atoms with van der Waals surface area (Å²) in [6.07, 6.45) is 3.09. The van der Waals surface area contributed by atoms with Gasteiger partial charge in [-0.15, -0.1) is 0 Å². The summed E-state index contributed by atoms with van der Waals surface area (Å²) < 4.78 is 26.7. The molecule has 24 heavy (non-hydrogen) atoms. The molecule has 1 aliphatic heterocycles. The van der Waals surface area contributed by atoms with Crippen LogP contribution in [0.2, 0.25) is 0 Å². The van der Waals surface area contributed by atoms with E-state index < -0.39 is 10.0 Å². The van der Waals surface area contributed by atoms with Crippen LogP contribution in [-0.4, -0.2) is 41.8 Å². The highest BCUT2D eigenvalue weighted by Gasteiger charge is 2.28. The smallest absolute Gasteiger partial charge is 0.218 e. The van der Waals surface area contributed by atoms with Crippen LogP contribution in [0.15, 0.2) is 42.7 Å². The van der Waals surface area contributed by atoms with E-state index in [4.69, 9.17) is 0 Å². The molecule has 1 fully saturated rings. The van der Waals surface area contributed by atoms with Gasteiger partial charge in [-0.3, -0.25) is 0 Å². The topological polar surface area (TPSA) is 75.2 Å². The molecule has 2 heterocycles. The lowest BCUT2D eigenvalue weighted by atomic mass is 10.1. The zero-order valence-corrected chi connectivity index (χ0v) is 14.5. The maximum Gasteiger partial charge on any atom is 0.218 e. The van der Waals surface area contributed by atoms with Gasteiger partial charge >= 0.3 is 0 Å². The number of rotatable bonds is 5. The summed E-state index contributed by atoms with van der Waals surface area (Å²) in [7, 11) is -3.26. The van der Waals surface area contributed by atoms with Gasteiger partial charge < -0.3 is 5.32 Å². The Balaban J connectivity index is 1.56. The second-order valence-electron chi connectivity index (χ2n) is 6.10. The normalized spacial score (nSPS) is 16.9. The van der Waals surface area contributed by atoms with E-state index in [1.807, 2.05) is 43.3 Å². The van der Waals surface area contributed by atoms with E-state index in [0.29, 0.717) is 13.1 Å². The molecule has 0 spiro atoms. The van der Waals surface area contributed by atoms with E-state index >= 15 is 0 Å².